The topological polar surface area (TPSA) is 72.7 Å². The van der Waals surface area contributed by atoms with E-state index in [0.717, 1.165) is 46.2 Å². The molecule has 2 aromatic carbocycles. The molecule has 4 aromatic rings. The van der Waals surface area contributed by atoms with Gasteiger partial charge in [-0.3, -0.25) is 14.3 Å². The van der Waals surface area contributed by atoms with Gasteiger partial charge in [0.05, 0.1) is 0 Å². The van der Waals surface area contributed by atoms with Gasteiger partial charge < -0.3 is 5.32 Å². The van der Waals surface area contributed by atoms with E-state index in [1.165, 1.54) is 5.56 Å². The van der Waals surface area contributed by atoms with Crippen LogP contribution < -0.4 is 5.32 Å². The lowest BCUT2D eigenvalue weighted by Crippen LogP contribution is -2.26. The maximum atomic E-state index is 12.7. The standard InChI is InChI=1S/C25H23N5OS/c1-17-6-10-21(11-7-17)30-23(18-12-14-26-15-13-18)28-29-25(30)32-16-19-4-2-3-5-22(19)24(31)27-20-8-9-20/h2-7,10-15,20H,8-9,16H2,1H3,(H,27,31). The van der Waals surface area contributed by atoms with E-state index < -0.39 is 0 Å². The van der Waals surface area contributed by atoms with E-state index in [9.17, 15) is 4.79 Å². The Hall–Kier alpha value is -3.45. The molecule has 5 rings (SSSR count). The summed E-state index contributed by atoms with van der Waals surface area (Å²) >= 11 is 1.57. The number of amides is 1. The Morgan fingerprint density at radius 1 is 1.03 bits per heavy atom. The fraction of sp³-hybridized carbons (Fsp3) is 0.200. The van der Waals surface area contributed by atoms with Gasteiger partial charge in [0.1, 0.15) is 0 Å². The van der Waals surface area contributed by atoms with Crippen molar-refractivity contribution in [3.63, 3.8) is 0 Å². The number of nitrogens with one attached hydrogen (secondary N) is 1. The van der Waals surface area contributed by atoms with Gasteiger partial charge in [-0.2, -0.15) is 0 Å². The number of rotatable bonds is 7. The van der Waals surface area contributed by atoms with E-state index in [1.807, 2.05) is 36.4 Å². The zero-order valence-electron chi connectivity index (χ0n) is 17.7. The highest BCUT2D eigenvalue weighted by Gasteiger charge is 2.25. The van der Waals surface area contributed by atoms with Crippen LogP contribution in [0.4, 0.5) is 0 Å². The molecule has 0 saturated heterocycles. The molecule has 1 aliphatic rings. The fourth-order valence-electron chi connectivity index (χ4n) is 3.48. The van der Waals surface area contributed by atoms with Crippen LogP contribution in [0.1, 0.15) is 34.3 Å². The number of thioether (sulfide) groups is 1. The molecule has 7 heteroatoms. The molecule has 1 N–H and O–H groups in total. The van der Waals surface area contributed by atoms with Gasteiger partial charge in [0.15, 0.2) is 11.0 Å². The highest BCUT2D eigenvalue weighted by molar-refractivity contribution is 7.98. The Morgan fingerprint density at radius 2 is 1.78 bits per heavy atom. The largest absolute Gasteiger partial charge is 0.349 e. The molecular weight excluding hydrogens is 418 g/mol. The molecule has 32 heavy (non-hydrogen) atoms. The predicted molar refractivity (Wildman–Crippen MR) is 126 cm³/mol. The highest BCUT2D eigenvalue weighted by atomic mass is 32.2. The second-order valence-corrected chi connectivity index (χ2v) is 8.85. The van der Waals surface area contributed by atoms with Crippen LogP contribution in [0.2, 0.25) is 0 Å². The number of aryl methyl sites for hydroxylation is 1. The van der Waals surface area contributed by atoms with Crippen molar-refractivity contribution in [3.8, 4) is 17.1 Å². The smallest absolute Gasteiger partial charge is 0.251 e. The van der Waals surface area contributed by atoms with Crippen molar-refractivity contribution in [2.24, 2.45) is 0 Å². The SMILES string of the molecule is Cc1ccc(-n2c(SCc3ccccc3C(=O)NC3CC3)nnc2-c2ccncc2)cc1. The van der Waals surface area contributed by atoms with Gasteiger partial charge in [0.25, 0.3) is 5.91 Å². The molecule has 0 radical (unpaired) electrons. The van der Waals surface area contributed by atoms with Gasteiger partial charge >= 0.3 is 0 Å². The van der Waals surface area contributed by atoms with Crippen LogP contribution in [0.3, 0.4) is 0 Å². The predicted octanol–water partition coefficient (Wildman–Crippen LogP) is 4.82. The molecule has 0 spiro atoms. The summed E-state index contributed by atoms with van der Waals surface area (Å²) < 4.78 is 2.06. The van der Waals surface area contributed by atoms with Crippen LogP contribution in [0, 0.1) is 6.92 Å². The third-order valence-corrected chi connectivity index (χ3v) is 6.37. The molecule has 0 aliphatic heterocycles. The Kier molecular flexibility index (Phi) is 5.73. The van der Waals surface area contributed by atoms with E-state index in [0.29, 0.717) is 11.8 Å². The average molecular weight is 442 g/mol. The van der Waals surface area contributed by atoms with E-state index in [1.54, 1.807) is 24.2 Å². The summed E-state index contributed by atoms with van der Waals surface area (Å²) in [6, 6.07) is 20.3. The van der Waals surface area contributed by atoms with Crippen LogP contribution in [-0.4, -0.2) is 31.7 Å². The minimum atomic E-state index is 0.00109. The molecule has 6 nitrogen and oxygen atoms in total. The van der Waals surface area contributed by atoms with Crippen molar-refractivity contribution >= 4 is 17.7 Å². The number of aromatic nitrogens is 4. The molecule has 0 atom stereocenters. The van der Waals surface area contributed by atoms with Gasteiger partial charge in [-0.1, -0.05) is 47.7 Å². The molecule has 1 saturated carbocycles. The van der Waals surface area contributed by atoms with Crippen molar-refractivity contribution in [2.45, 2.75) is 36.7 Å². The lowest BCUT2D eigenvalue weighted by Gasteiger charge is -2.12. The Balaban J connectivity index is 1.46. The van der Waals surface area contributed by atoms with Crippen molar-refractivity contribution in [3.05, 3.63) is 89.7 Å². The maximum Gasteiger partial charge on any atom is 0.251 e. The number of nitrogens with zero attached hydrogens (tertiary/aromatic N) is 4. The first kappa shape index (κ1) is 20.5. The first-order chi connectivity index (χ1) is 15.7. The van der Waals surface area contributed by atoms with Gasteiger partial charge in [0.2, 0.25) is 0 Å². The number of benzene rings is 2. The summed E-state index contributed by atoms with van der Waals surface area (Å²) in [5.74, 6) is 1.38. The molecule has 0 bridgehead atoms. The summed E-state index contributed by atoms with van der Waals surface area (Å²) in [7, 11) is 0. The normalized spacial score (nSPS) is 13.2. The number of pyridine rings is 1. The van der Waals surface area contributed by atoms with Crippen molar-refractivity contribution in [1.82, 2.24) is 25.1 Å². The van der Waals surface area contributed by atoms with Gasteiger partial charge in [0, 0.05) is 41.0 Å². The Labute approximate surface area is 191 Å². The second-order valence-electron chi connectivity index (χ2n) is 7.91. The molecule has 2 aromatic heterocycles. The monoisotopic (exact) mass is 441 g/mol. The third kappa shape index (κ3) is 4.43. The van der Waals surface area contributed by atoms with Gasteiger partial charge in [-0.15, -0.1) is 10.2 Å². The summed E-state index contributed by atoms with van der Waals surface area (Å²) in [6.07, 6.45) is 5.65. The zero-order chi connectivity index (χ0) is 21.9. The first-order valence-electron chi connectivity index (χ1n) is 10.6. The Bertz CT molecular complexity index is 1230. The van der Waals surface area contributed by atoms with Crippen molar-refractivity contribution in [1.29, 1.82) is 0 Å². The summed E-state index contributed by atoms with van der Waals surface area (Å²) in [4.78, 5) is 16.8. The highest BCUT2D eigenvalue weighted by Crippen LogP contribution is 2.30. The first-order valence-corrected chi connectivity index (χ1v) is 11.6. The molecule has 1 aliphatic carbocycles. The maximum absolute atomic E-state index is 12.7. The van der Waals surface area contributed by atoms with Crippen LogP contribution in [0.25, 0.3) is 17.1 Å². The molecule has 2 heterocycles. The van der Waals surface area contributed by atoms with E-state index >= 15 is 0 Å². The lowest BCUT2D eigenvalue weighted by atomic mass is 10.1. The summed E-state index contributed by atoms with van der Waals surface area (Å²) in [5.41, 5.74) is 4.85. The second kappa shape index (κ2) is 8.96. The number of carbonyl (C=O) groups is 1. The fourth-order valence-corrected chi connectivity index (χ4v) is 4.43. The number of hydrogen-bond acceptors (Lipinski definition) is 5. The average Bonchev–Trinajstić information content (AvgIpc) is 3.54. The van der Waals surface area contributed by atoms with E-state index in [2.05, 4.69) is 56.3 Å². The number of hydrogen-bond donors (Lipinski definition) is 1. The lowest BCUT2D eigenvalue weighted by molar-refractivity contribution is 0.0950. The minimum Gasteiger partial charge on any atom is -0.349 e. The molecule has 1 fully saturated rings. The van der Waals surface area contributed by atoms with Crippen LogP contribution in [0.5, 0.6) is 0 Å². The molecular formula is C25H23N5OS. The van der Waals surface area contributed by atoms with Gasteiger partial charge in [-0.25, -0.2) is 0 Å². The molecule has 0 unspecified atom stereocenters. The van der Waals surface area contributed by atoms with Crippen LogP contribution in [0.15, 0.2) is 78.2 Å². The summed E-state index contributed by atoms with van der Waals surface area (Å²) in [6.45, 7) is 2.07. The molecule has 1 amide bonds. The third-order valence-electron chi connectivity index (χ3n) is 5.40. The van der Waals surface area contributed by atoms with E-state index in [4.69, 9.17) is 0 Å². The van der Waals surface area contributed by atoms with Crippen LogP contribution in [-0.2, 0) is 5.75 Å². The molecule has 160 valence electrons. The van der Waals surface area contributed by atoms with Gasteiger partial charge in [-0.05, 0) is 55.7 Å². The van der Waals surface area contributed by atoms with E-state index in [-0.39, 0.29) is 5.91 Å². The van der Waals surface area contributed by atoms with Crippen molar-refractivity contribution in [2.75, 3.05) is 0 Å². The van der Waals surface area contributed by atoms with Crippen LogP contribution >= 0.6 is 11.8 Å². The Morgan fingerprint density at radius 3 is 2.53 bits per heavy atom. The number of carbonyl (C=O) groups excluding carboxylic acids is 1. The zero-order valence-corrected chi connectivity index (χ0v) is 18.5. The minimum absolute atomic E-state index is 0.00109. The summed E-state index contributed by atoms with van der Waals surface area (Å²) in [5, 5.41) is 12.8. The van der Waals surface area contributed by atoms with Crippen molar-refractivity contribution < 1.29 is 4.79 Å². The quantitative estimate of drug-likeness (QED) is 0.416.